The largest absolute Gasteiger partial charge is 0.495 e. The molecule has 2 rings (SSSR count). The minimum Gasteiger partial charge on any atom is -0.495 e. The zero-order valence-corrected chi connectivity index (χ0v) is 17.0. The summed E-state index contributed by atoms with van der Waals surface area (Å²) >= 11 is 0. The monoisotopic (exact) mass is 493 g/mol. The maximum absolute atomic E-state index is 12.6. The number of aromatic carboxylic acids is 2. The Bertz CT molecular complexity index is 1150. The fraction of sp³-hybridized carbons (Fsp3) is 0.200. The number of methoxy groups -OCH3 is 2. The lowest BCUT2D eigenvalue weighted by Gasteiger charge is -2.14. The minimum absolute atomic E-state index is 0.112. The van der Waals surface area contributed by atoms with Crippen molar-refractivity contribution in [1.29, 1.82) is 5.26 Å². The van der Waals surface area contributed by atoms with Crippen LogP contribution >= 0.6 is 0 Å². The molecule has 0 aliphatic heterocycles. The number of halogens is 6. The van der Waals surface area contributed by atoms with E-state index >= 15 is 0 Å². The summed E-state index contributed by atoms with van der Waals surface area (Å²) in [5.41, 5.74) is -4.74. The Kier molecular flexibility index (Phi) is 8.62. The molecule has 0 fully saturated rings. The third-order valence-corrected chi connectivity index (χ3v) is 3.97. The van der Waals surface area contributed by atoms with Crippen LogP contribution in [0.1, 0.15) is 47.8 Å². The lowest BCUT2D eigenvalue weighted by Crippen LogP contribution is -2.11. The van der Waals surface area contributed by atoms with Crippen molar-refractivity contribution in [3.05, 3.63) is 57.6 Å². The minimum atomic E-state index is -4.80. The number of alkyl halides is 6. The van der Waals surface area contributed by atoms with E-state index in [1.807, 2.05) is 0 Å². The van der Waals surface area contributed by atoms with Gasteiger partial charge < -0.3 is 19.7 Å². The normalized spacial score (nSPS) is 10.9. The molecule has 0 saturated carbocycles. The number of carboxylic acid groups (broad SMARTS) is 2. The molecular weight excluding hydrogens is 480 g/mol. The SMILES string of the molecule is COc1c(C#N)cc(C(=O)O)cc1C(F)(F)F.COc1c(C=O)cc(C(=O)O)cc1C(F)(F)F. The van der Waals surface area contributed by atoms with Crippen molar-refractivity contribution < 1.29 is 60.4 Å². The summed E-state index contributed by atoms with van der Waals surface area (Å²) in [7, 11) is 1.95. The van der Waals surface area contributed by atoms with E-state index in [2.05, 4.69) is 9.47 Å². The van der Waals surface area contributed by atoms with Gasteiger partial charge in [-0.1, -0.05) is 0 Å². The van der Waals surface area contributed by atoms with Gasteiger partial charge in [0.1, 0.15) is 17.6 Å². The van der Waals surface area contributed by atoms with E-state index in [9.17, 15) is 40.7 Å². The van der Waals surface area contributed by atoms with Crippen LogP contribution in [0.3, 0.4) is 0 Å². The molecular formula is C20H13F6NO7. The summed E-state index contributed by atoms with van der Waals surface area (Å²) in [5, 5.41) is 25.9. The molecule has 0 spiro atoms. The average molecular weight is 493 g/mol. The summed E-state index contributed by atoms with van der Waals surface area (Å²) in [6.45, 7) is 0. The molecule has 0 aliphatic carbocycles. The highest BCUT2D eigenvalue weighted by Gasteiger charge is 2.37. The Morgan fingerprint density at radius 2 is 1.26 bits per heavy atom. The van der Waals surface area contributed by atoms with Crippen molar-refractivity contribution in [2.75, 3.05) is 14.2 Å². The van der Waals surface area contributed by atoms with Gasteiger partial charge in [0, 0.05) is 0 Å². The molecule has 0 bridgehead atoms. The number of benzene rings is 2. The van der Waals surface area contributed by atoms with Gasteiger partial charge in [0.05, 0.1) is 47.6 Å². The first kappa shape index (κ1) is 27.8. The van der Waals surface area contributed by atoms with E-state index in [4.69, 9.17) is 15.5 Å². The fourth-order valence-corrected chi connectivity index (χ4v) is 2.57. The van der Waals surface area contributed by atoms with Crippen molar-refractivity contribution >= 4 is 18.2 Å². The van der Waals surface area contributed by atoms with Crippen LogP contribution in [0.25, 0.3) is 0 Å². The third-order valence-electron chi connectivity index (χ3n) is 3.97. The highest BCUT2D eigenvalue weighted by molar-refractivity contribution is 5.92. The Labute approximate surface area is 186 Å². The molecule has 34 heavy (non-hydrogen) atoms. The Morgan fingerprint density at radius 3 is 1.59 bits per heavy atom. The molecule has 0 heterocycles. The van der Waals surface area contributed by atoms with E-state index in [-0.39, 0.29) is 6.29 Å². The van der Waals surface area contributed by atoms with Crippen LogP contribution in [0.2, 0.25) is 0 Å². The van der Waals surface area contributed by atoms with Gasteiger partial charge in [-0.3, -0.25) is 4.79 Å². The molecule has 8 nitrogen and oxygen atoms in total. The third kappa shape index (κ3) is 6.37. The summed E-state index contributed by atoms with van der Waals surface area (Å²) in [4.78, 5) is 31.9. The van der Waals surface area contributed by atoms with E-state index in [0.717, 1.165) is 26.4 Å². The summed E-state index contributed by atoms with van der Waals surface area (Å²) in [6, 6.07) is 3.98. The van der Waals surface area contributed by atoms with Crippen LogP contribution < -0.4 is 9.47 Å². The summed E-state index contributed by atoms with van der Waals surface area (Å²) in [5.74, 6) is -4.46. The van der Waals surface area contributed by atoms with Crippen LogP contribution in [-0.2, 0) is 12.4 Å². The highest BCUT2D eigenvalue weighted by Crippen LogP contribution is 2.39. The van der Waals surface area contributed by atoms with Crippen LogP contribution in [-0.4, -0.2) is 42.7 Å². The average Bonchev–Trinajstić information content (AvgIpc) is 2.75. The summed E-state index contributed by atoms with van der Waals surface area (Å²) in [6.07, 6.45) is -9.47. The number of nitrogens with zero attached hydrogens (tertiary/aromatic N) is 1. The molecule has 2 aromatic carbocycles. The quantitative estimate of drug-likeness (QED) is 0.459. The number of carbonyl (C=O) groups excluding carboxylic acids is 1. The van der Waals surface area contributed by atoms with E-state index in [1.54, 1.807) is 0 Å². The highest BCUT2D eigenvalue weighted by atomic mass is 19.4. The van der Waals surface area contributed by atoms with Crippen molar-refractivity contribution in [1.82, 2.24) is 0 Å². The van der Waals surface area contributed by atoms with Crippen LogP contribution in [0.5, 0.6) is 11.5 Å². The maximum Gasteiger partial charge on any atom is 0.420 e. The second kappa shape index (κ2) is 10.6. The smallest absolute Gasteiger partial charge is 0.420 e. The van der Waals surface area contributed by atoms with Gasteiger partial charge in [0.2, 0.25) is 0 Å². The number of hydrogen-bond donors (Lipinski definition) is 2. The topological polar surface area (TPSA) is 134 Å². The standard InChI is InChI=1S/C10H6F3NO3.C10H7F3O4/c2*1-17-8-6(4-14)2-5(9(15)16)3-7(8)10(11,12)13/h2-3H,1H3,(H,15,16);2-4H,1H3,(H,15,16). The number of carboxylic acids is 2. The molecule has 0 saturated heterocycles. The lowest BCUT2D eigenvalue weighted by molar-refractivity contribution is -0.139. The van der Waals surface area contributed by atoms with Gasteiger partial charge in [0.25, 0.3) is 0 Å². The number of rotatable bonds is 5. The van der Waals surface area contributed by atoms with Crippen molar-refractivity contribution in [3.63, 3.8) is 0 Å². The molecule has 0 aliphatic rings. The molecule has 0 atom stereocenters. The van der Waals surface area contributed by atoms with Crippen molar-refractivity contribution in [2.24, 2.45) is 0 Å². The molecule has 0 radical (unpaired) electrons. The first-order valence-corrected chi connectivity index (χ1v) is 8.52. The number of hydrogen-bond acceptors (Lipinski definition) is 6. The Morgan fingerprint density at radius 1 is 0.853 bits per heavy atom. The predicted octanol–water partition coefficient (Wildman–Crippen LogP) is 4.51. The van der Waals surface area contributed by atoms with E-state index < -0.39 is 69.2 Å². The second-order valence-electron chi connectivity index (χ2n) is 6.09. The van der Waals surface area contributed by atoms with Gasteiger partial charge in [0.15, 0.2) is 6.29 Å². The molecule has 14 heteroatoms. The molecule has 0 aromatic heterocycles. The van der Waals surface area contributed by atoms with Gasteiger partial charge in [-0.25, -0.2) is 9.59 Å². The van der Waals surface area contributed by atoms with E-state index in [0.29, 0.717) is 12.1 Å². The second-order valence-corrected chi connectivity index (χ2v) is 6.09. The van der Waals surface area contributed by atoms with Crippen LogP contribution in [0, 0.1) is 11.3 Å². The number of ether oxygens (including phenoxy) is 2. The Balaban J connectivity index is 0.000000340. The van der Waals surface area contributed by atoms with Gasteiger partial charge in [-0.15, -0.1) is 0 Å². The molecule has 0 amide bonds. The summed E-state index contributed by atoms with van der Waals surface area (Å²) < 4.78 is 84.6. The van der Waals surface area contributed by atoms with Crippen molar-refractivity contribution in [2.45, 2.75) is 12.4 Å². The van der Waals surface area contributed by atoms with Crippen molar-refractivity contribution in [3.8, 4) is 17.6 Å². The molecule has 2 aromatic rings. The lowest BCUT2D eigenvalue weighted by atomic mass is 10.0. The predicted molar refractivity (Wildman–Crippen MR) is 100 cm³/mol. The zero-order chi connectivity index (χ0) is 26.4. The molecule has 182 valence electrons. The number of aldehydes is 1. The first-order valence-electron chi connectivity index (χ1n) is 8.52. The van der Waals surface area contributed by atoms with Crippen LogP contribution in [0.15, 0.2) is 24.3 Å². The van der Waals surface area contributed by atoms with Crippen LogP contribution in [0.4, 0.5) is 26.3 Å². The first-order chi connectivity index (χ1) is 15.6. The van der Waals surface area contributed by atoms with Gasteiger partial charge >= 0.3 is 24.3 Å². The fourth-order valence-electron chi connectivity index (χ4n) is 2.57. The molecule has 2 N–H and O–H groups in total. The van der Waals surface area contributed by atoms with Gasteiger partial charge in [-0.2, -0.15) is 31.6 Å². The maximum atomic E-state index is 12.6. The number of nitriles is 1. The molecule has 0 unspecified atom stereocenters. The number of carbonyl (C=O) groups is 3. The van der Waals surface area contributed by atoms with E-state index in [1.165, 1.54) is 6.07 Å². The zero-order valence-electron chi connectivity index (χ0n) is 17.0. The Hall–Kier alpha value is -4.28. The van der Waals surface area contributed by atoms with Gasteiger partial charge in [-0.05, 0) is 24.3 Å².